The van der Waals surface area contributed by atoms with E-state index in [0.29, 0.717) is 6.04 Å². The highest BCUT2D eigenvalue weighted by Gasteiger charge is 2.29. The molecule has 2 fully saturated rings. The third kappa shape index (κ3) is 3.32. The average Bonchev–Trinajstić information content (AvgIpc) is 3.03. The lowest BCUT2D eigenvalue weighted by Crippen LogP contribution is -2.46. The molecule has 0 unspecified atom stereocenters. The number of nitrogens with zero attached hydrogens (tertiary/aromatic N) is 2. The second kappa shape index (κ2) is 6.49. The Morgan fingerprint density at radius 1 is 1.14 bits per heavy atom. The molecule has 0 atom stereocenters. The third-order valence-electron chi connectivity index (χ3n) is 4.76. The summed E-state index contributed by atoms with van der Waals surface area (Å²) < 4.78 is 0.903. The largest absolute Gasteiger partial charge is 0.338 e. The highest BCUT2D eigenvalue weighted by molar-refractivity contribution is 9.10. The molecule has 0 spiro atoms. The molecule has 0 radical (unpaired) electrons. The monoisotopic (exact) mass is 350 g/mol. The summed E-state index contributed by atoms with van der Waals surface area (Å²) in [5.41, 5.74) is 1.93. The topological polar surface area (TPSA) is 23.6 Å². The molecule has 2 saturated heterocycles. The highest BCUT2D eigenvalue weighted by Crippen LogP contribution is 2.24. The number of carbonyl (C=O) groups is 1. The van der Waals surface area contributed by atoms with Crippen LogP contribution in [-0.2, 0) is 0 Å². The quantitative estimate of drug-likeness (QED) is 0.815. The van der Waals surface area contributed by atoms with Gasteiger partial charge < -0.3 is 9.80 Å². The Balaban J connectivity index is 1.63. The predicted molar refractivity (Wildman–Crippen MR) is 88.6 cm³/mol. The molecular weight excluding hydrogens is 328 g/mol. The zero-order valence-electron chi connectivity index (χ0n) is 12.6. The van der Waals surface area contributed by atoms with Crippen molar-refractivity contribution in [1.29, 1.82) is 0 Å². The number of rotatable bonds is 2. The normalized spacial score (nSPS) is 21.0. The lowest BCUT2D eigenvalue weighted by atomic mass is 10.0. The summed E-state index contributed by atoms with van der Waals surface area (Å²) in [5, 5.41) is 0. The molecule has 3 nitrogen and oxygen atoms in total. The van der Waals surface area contributed by atoms with Gasteiger partial charge in [0.2, 0.25) is 0 Å². The van der Waals surface area contributed by atoms with Crippen molar-refractivity contribution in [2.75, 3.05) is 26.2 Å². The number of benzene rings is 1. The number of hydrogen-bond acceptors (Lipinski definition) is 2. The van der Waals surface area contributed by atoms with Gasteiger partial charge in [-0.05, 0) is 73.8 Å². The van der Waals surface area contributed by atoms with E-state index in [1.165, 1.54) is 25.9 Å². The molecule has 3 rings (SSSR count). The van der Waals surface area contributed by atoms with Crippen molar-refractivity contribution in [1.82, 2.24) is 9.80 Å². The van der Waals surface area contributed by atoms with Gasteiger partial charge in [0.1, 0.15) is 0 Å². The fraction of sp³-hybridized carbons (Fsp3) is 0.588. The molecule has 0 N–H and O–H groups in total. The molecule has 1 aromatic rings. The van der Waals surface area contributed by atoms with Crippen molar-refractivity contribution in [3.8, 4) is 0 Å². The summed E-state index contributed by atoms with van der Waals surface area (Å²) in [6.45, 7) is 6.31. The highest BCUT2D eigenvalue weighted by atomic mass is 79.9. The summed E-state index contributed by atoms with van der Waals surface area (Å²) in [7, 11) is 0. The number of amides is 1. The standard InChI is InChI=1S/C17H23BrN2O/c1-13-4-5-16(18)15(12-13)17(21)20-10-6-14(7-11-20)19-8-2-3-9-19/h4-5,12,14H,2-3,6-11H2,1H3. The summed E-state index contributed by atoms with van der Waals surface area (Å²) >= 11 is 3.51. The molecule has 0 saturated carbocycles. The van der Waals surface area contributed by atoms with E-state index >= 15 is 0 Å². The summed E-state index contributed by atoms with van der Waals surface area (Å²) in [5.74, 6) is 0.172. The zero-order chi connectivity index (χ0) is 14.8. The van der Waals surface area contributed by atoms with Gasteiger partial charge in [0, 0.05) is 23.6 Å². The first-order valence-corrected chi connectivity index (χ1v) is 8.74. The molecule has 0 bridgehead atoms. The predicted octanol–water partition coefficient (Wildman–Crippen LogP) is 3.46. The summed E-state index contributed by atoms with van der Waals surface area (Å²) in [6.07, 6.45) is 4.93. The van der Waals surface area contributed by atoms with Crippen LogP contribution < -0.4 is 0 Å². The minimum Gasteiger partial charge on any atom is -0.338 e. The van der Waals surface area contributed by atoms with Gasteiger partial charge in [-0.2, -0.15) is 0 Å². The van der Waals surface area contributed by atoms with Crippen molar-refractivity contribution >= 4 is 21.8 Å². The number of halogens is 1. The van der Waals surface area contributed by atoms with Crippen LogP contribution in [0.2, 0.25) is 0 Å². The van der Waals surface area contributed by atoms with Crippen LogP contribution in [0.3, 0.4) is 0 Å². The first kappa shape index (κ1) is 15.0. The van der Waals surface area contributed by atoms with Gasteiger partial charge in [0.25, 0.3) is 5.91 Å². The van der Waals surface area contributed by atoms with Gasteiger partial charge in [-0.3, -0.25) is 4.79 Å². The van der Waals surface area contributed by atoms with Crippen LogP contribution in [0.4, 0.5) is 0 Å². The van der Waals surface area contributed by atoms with E-state index in [9.17, 15) is 4.79 Å². The zero-order valence-corrected chi connectivity index (χ0v) is 14.2. The number of carbonyl (C=O) groups excluding carboxylic acids is 1. The van der Waals surface area contributed by atoms with Crippen molar-refractivity contribution in [2.24, 2.45) is 0 Å². The minimum absolute atomic E-state index is 0.172. The van der Waals surface area contributed by atoms with Crippen molar-refractivity contribution in [2.45, 2.75) is 38.6 Å². The van der Waals surface area contributed by atoms with Gasteiger partial charge in [0.15, 0.2) is 0 Å². The van der Waals surface area contributed by atoms with Gasteiger partial charge >= 0.3 is 0 Å². The van der Waals surface area contributed by atoms with Crippen LogP contribution in [0.5, 0.6) is 0 Å². The number of likely N-dealkylation sites (tertiary alicyclic amines) is 2. The first-order chi connectivity index (χ1) is 10.1. The fourth-order valence-corrected chi connectivity index (χ4v) is 3.93. The molecule has 2 aliphatic heterocycles. The van der Waals surface area contributed by atoms with E-state index in [1.807, 2.05) is 30.0 Å². The van der Waals surface area contributed by atoms with Crippen LogP contribution in [0.1, 0.15) is 41.6 Å². The average molecular weight is 351 g/mol. The smallest absolute Gasteiger partial charge is 0.255 e. The van der Waals surface area contributed by atoms with Crippen LogP contribution >= 0.6 is 15.9 Å². The summed E-state index contributed by atoms with van der Waals surface area (Å²) in [6, 6.07) is 6.68. The van der Waals surface area contributed by atoms with Gasteiger partial charge in [-0.15, -0.1) is 0 Å². The van der Waals surface area contributed by atoms with Crippen LogP contribution in [0.25, 0.3) is 0 Å². The summed E-state index contributed by atoms with van der Waals surface area (Å²) in [4.78, 5) is 17.3. The van der Waals surface area contributed by atoms with Crippen LogP contribution in [0, 0.1) is 6.92 Å². The second-order valence-corrected chi connectivity index (χ2v) is 7.10. The van der Waals surface area contributed by atoms with E-state index in [0.717, 1.165) is 41.5 Å². The number of aryl methyl sites for hydroxylation is 1. The molecule has 1 amide bonds. The lowest BCUT2D eigenvalue weighted by molar-refractivity contribution is 0.0643. The molecule has 0 aromatic heterocycles. The van der Waals surface area contributed by atoms with E-state index < -0.39 is 0 Å². The number of piperidine rings is 1. The SMILES string of the molecule is Cc1ccc(Br)c(C(=O)N2CCC(N3CCCC3)CC2)c1. The van der Waals surface area contributed by atoms with E-state index in [4.69, 9.17) is 0 Å². The van der Waals surface area contributed by atoms with E-state index in [2.05, 4.69) is 20.8 Å². The maximum Gasteiger partial charge on any atom is 0.255 e. The Morgan fingerprint density at radius 3 is 2.48 bits per heavy atom. The Morgan fingerprint density at radius 2 is 1.81 bits per heavy atom. The van der Waals surface area contributed by atoms with Gasteiger partial charge in [-0.25, -0.2) is 0 Å². The minimum atomic E-state index is 0.172. The lowest BCUT2D eigenvalue weighted by Gasteiger charge is -2.36. The molecule has 1 aromatic carbocycles. The molecular formula is C17H23BrN2O. The maximum absolute atomic E-state index is 12.7. The van der Waals surface area contributed by atoms with E-state index in [-0.39, 0.29) is 5.91 Å². The molecule has 0 aliphatic carbocycles. The molecule has 21 heavy (non-hydrogen) atoms. The first-order valence-electron chi connectivity index (χ1n) is 7.94. The van der Waals surface area contributed by atoms with Crippen LogP contribution in [-0.4, -0.2) is 47.9 Å². The maximum atomic E-state index is 12.7. The Labute approximate surface area is 135 Å². The van der Waals surface area contributed by atoms with Crippen molar-refractivity contribution < 1.29 is 4.79 Å². The van der Waals surface area contributed by atoms with Crippen molar-refractivity contribution in [3.63, 3.8) is 0 Å². The Kier molecular flexibility index (Phi) is 4.65. The van der Waals surface area contributed by atoms with Crippen LogP contribution in [0.15, 0.2) is 22.7 Å². The molecule has 2 aliphatic rings. The van der Waals surface area contributed by atoms with E-state index in [1.54, 1.807) is 0 Å². The molecule has 2 heterocycles. The van der Waals surface area contributed by atoms with Crippen molar-refractivity contribution in [3.05, 3.63) is 33.8 Å². The third-order valence-corrected chi connectivity index (χ3v) is 5.45. The Hall–Kier alpha value is -0.870. The van der Waals surface area contributed by atoms with Gasteiger partial charge in [-0.1, -0.05) is 11.6 Å². The molecule has 114 valence electrons. The Bertz CT molecular complexity index is 518. The second-order valence-electron chi connectivity index (χ2n) is 6.25. The molecule has 4 heteroatoms. The fourth-order valence-electron chi connectivity index (χ4n) is 3.51. The van der Waals surface area contributed by atoms with Gasteiger partial charge in [0.05, 0.1) is 5.56 Å². The number of hydrogen-bond donors (Lipinski definition) is 0.